The number of H-pyrrole nitrogens is 1. The van der Waals surface area contributed by atoms with Gasteiger partial charge in [-0.1, -0.05) is 32.0 Å². The number of fused-ring (bicyclic) bond motifs is 9. The Balaban J connectivity index is 1.13. The van der Waals surface area contributed by atoms with E-state index >= 15 is 0 Å². The zero-order chi connectivity index (χ0) is 27.0. The van der Waals surface area contributed by atoms with Crippen LogP contribution in [-0.4, -0.2) is 69.3 Å². The standard InChI is InChI=1S/C32H41NO6/c1-27(2)23-21(36-26(39-27)25-28(3,4)37-25)24-32(38-24)20(35-23)12-13-29(5)30(6)16(11-14-31(29,32)34)15-18-17-9-7-8-10-19(17)33-22(18)30/h7-10,16,20-21,23-26,33-34H,11-15H2,1-6H3. The Bertz CT molecular complexity index is 1420. The first-order valence-electron chi connectivity index (χ1n) is 15.0. The first-order chi connectivity index (χ1) is 18.4. The lowest BCUT2D eigenvalue weighted by Crippen LogP contribution is -2.77. The van der Waals surface area contributed by atoms with Crippen LogP contribution in [-0.2, 0) is 35.5 Å². The van der Waals surface area contributed by atoms with Crippen molar-refractivity contribution in [1.82, 2.24) is 4.98 Å². The van der Waals surface area contributed by atoms with E-state index in [1.807, 2.05) is 0 Å². The normalized spacial score (nSPS) is 53.6. The molecule has 7 aliphatic rings. The van der Waals surface area contributed by atoms with E-state index in [-0.39, 0.29) is 47.0 Å². The third-order valence-corrected chi connectivity index (χ3v) is 12.8. The number of para-hydroxylation sites is 1. The first-order valence-corrected chi connectivity index (χ1v) is 15.0. The number of hydrogen-bond acceptors (Lipinski definition) is 6. The summed E-state index contributed by atoms with van der Waals surface area (Å²) in [6.07, 6.45) is 2.96. The number of ether oxygens (including phenoxy) is 5. The molecule has 0 bridgehead atoms. The summed E-state index contributed by atoms with van der Waals surface area (Å²) in [5.74, 6) is 0.493. The lowest BCUT2D eigenvalue weighted by molar-refractivity contribution is -0.356. The van der Waals surface area contributed by atoms with E-state index in [2.05, 4.69) is 70.8 Å². The number of hydrogen-bond donors (Lipinski definition) is 2. The van der Waals surface area contributed by atoms with Gasteiger partial charge in [0.25, 0.3) is 0 Å². The molecule has 1 spiro atoms. The molecule has 4 aliphatic heterocycles. The summed E-state index contributed by atoms with van der Waals surface area (Å²) in [6, 6.07) is 8.67. The predicted molar refractivity (Wildman–Crippen MR) is 143 cm³/mol. The highest BCUT2D eigenvalue weighted by molar-refractivity contribution is 5.86. The highest BCUT2D eigenvalue weighted by Gasteiger charge is 2.87. The van der Waals surface area contributed by atoms with Crippen molar-refractivity contribution in [2.45, 2.75) is 138 Å². The number of aromatic amines is 1. The van der Waals surface area contributed by atoms with Gasteiger partial charge in [0.05, 0.1) is 17.3 Å². The molecule has 7 heteroatoms. The highest BCUT2D eigenvalue weighted by atomic mass is 16.8. The number of aliphatic hydroxyl groups is 1. The van der Waals surface area contributed by atoms with Gasteiger partial charge in [-0.2, -0.15) is 0 Å². The molecule has 0 radical (unpaired) electrons. The van der Waals surface area contributed by atoms with Crippen molar-refractivity contribution in [2.75, 3.05) is 0 Å². The number of epoxide rings is 2. The summed E-state index contributed by atoms with van der Waals surface area (Å²) < 4.78 is 32.7. The zero-order valence-corrected chi connectivity index (χ0v) is 23.9. The Kier molecular flexibility index (Phi) is 4.19. The number of nitrogens with one attached hydrogen (secondary N) is 1. The molecule has 2 saturated carbocycles. The third kappa shape index (κ3) is 2.52. The van der Waals surface area contributed by atoms with Crippen LogP contribution in [0.5, 0.6) is 0 Å². The minimum atomic E-state index is -1.03. The molecule has 11 unspecified atom stereocenters. The molecule has 3 aliphatic carbocycles. The average Bonchev–Trinajstić information content (AvgIpc) is 3.71. The molecule has 11 atom stereocenters. The number of aromatic nitrogens is 1. The van der Waals surface area contributed by atoms with E-state index in [1.165, 1.54) is 22.2 Å². The van der Waals surface area contributed by atoms with Crippen LogP contribution in [0.2, 0.25) is 0 Å². The summed E-state index contributed by atoms with van der Waals surface area (Å²) >= 11 is 0. The van der Waals surface area contributed by atoms with E-state index in [0.29, 0.717) is 5.92 Å². The highest BCUT2D eigenvalue weighted by Crippen LogP contribution is 2.75. The smallest absolute Gasteiger partial charge is 0.187 e. The van der Waals surface area contributed by atoms with Gasteiger partial charge in [-0.25, -0.2) is 0 Å². The van der Waals surface area contributed by atoms with Crippen molar-refractivity contribution < 1.29 is 28.8 Å². The van der Waals surface area contributed by atoms with Gasteiger partial charge in [-0.15, -0.1) is 0 Å². The lowest BCUT2D eigenvalue weighted by Gasteiger charge is -2.66. The van der Waals surface area contributed by atoms with Crippen LogP contribution >= 0.6 is 0 Å². The Morgan fingerprint density at radius 1 is 0.846 bits per heavy atom. The molecule has 2 aromatic rings. The molecule has 5 heterocycles. The maximum Gasteiger partial charge on any atom is 0.187 e. The fourth-order valence-corrected chi connectivity index (χ4v) is 10.4. The summed E-state index contributed by atoms with van der Waals surface area (Å²) in [5, 5.41) is 14.5. The number of rotatable bonds is 1. The van der Waals surface area contributed by atoms with Crippen molar-refractivity contribution in [3.63, 3.8) is 0 Å². The maximum atomic E-state index is 13.1. The Hall–Kier alpha value is -1.48. The van der Waals surface area contributed by atoms with Crippen molar-refractivity contribution in [1.29, 1.82) is 0 Å². The predicted octanol–water partition coefficient (Wildman–Crippen LogP) is 4.53. The molecule has 39 heavy (non-hydrogen) atoms. The van der Waals surface area contributed by atoms with Crippen LogP contribution in [0.1, 0.15) is 78.5 Å². The van der Waals surface area contributed by atoms with Crippen molar-refractivity contribution >= 4 is 10.9 Å². The number of benzene rings is 1. The minimum Gasteiger partial charge on any atom is -0.386 e. The molecule has 7 nitrogen and oxygen atoms in total. The Labute approximate surface area is 229 Å². The maximum absolute atomic E-state index is 13.1. The lowest BCUT2D eigenvalue weighted by atomic mass is 9.40. The first kappa shape index (κ1) is 24.2. The van der Waals surface area contributed by atoms with Crippen LogP contribution in [0, 0.1) is 11.3 Å². The fourth-order valence-electron chi connectivity index (χ4n) is 10.4. The fraction of sp³-hybridized carbons (Fsp3) is 0.750. The van der Waals surface area contributed by atoms with E-state index in [1.54, 1.807) is 0 Å². The van der Waals surface area contributed by atoms with Gasteiger partial charge >= 0.3 is 0 Å². The molecular weight excluding hydrogens is 494 g/mol. The average molecular weight is 536 g/mol. The Morgan fingerprint density at radius 3 is 2.36 bits per heavy atom. The summed E-state index contributed by atoms with van der Waals surface area (Å²) in [7, 11) is 0. The van der Waals surface area contributed by atoms with Gasteiger partial charge in [-0.05, 0) is 77.3 Å². The topological polar surface area (TPSA) is 88.8 Å². The summed E-state index contributed by atoms with van der Waals surface area (Å²) in [4.78, 5) is 3.84. The second kappa shape index (κ2) is 6.77. The Morgan fingerprint density at radius 2 is 1.59 bits per heavy atom. The van der Waals surface area contributed by atoms with Gasteiger partial charge in [-0.3, -0.25) is 0 Å². The monoisotopic (exact) mass is 535 g/mol. The summed E-state index contributed by atoms with van der Waals surface area (Å²) in [6.45, 7) is 13.1. The second-order valence-electron chi connectivity index (χ2n) is 15.1. The molecule has 0 amide bonds. The van der Waals surface area contributed by atoms with Crippen LogP contribution < -0.4 is 0 Å². The molecule has 1 aromatic carbocycles. The van der Waals surface area contributed by atoms with Crippen LogP contribution in [0.25, 0.3) is 10.9 Å². The van der Waals surface area contributed by atoms with Gasteiger partial charge in [0.1, 0.15) is 30.0 Å². The van der Waals surface area contributed by atoms with Crippen LogP contribution in [0.3, 0.4) is 0 Å². The zero-order valence-electron chi connectivity index (χ0n) is 23.9. The van der Waals surface area contributed by atoms with Crippen molar-refractivity contribution in [3.8, 4) is 0 Å². The van der Waals surface area contributed by atoms with Gasteiger partial charge < -0.3 is 33.8 Å². The molecular formula is C32H41NO6. The minimum absolute atomic E-state index is 0.113. The largest absolute Gasteiger partial charge is 0.386 e. The van der Waals surface area contributed by atoms with E-state index in [0.717, 1.165) is 32.1 Å². The third-order valence-electron chi connectivity index (χ3n) is 12.8. The molecule has 6 fully saturated rings. The van der Waals surface area contributed by atoms with Crippen molar-refractivity contribution in [2.24, 2.45) is 11.3 Å². The SMILES string of the molecule is CC1(C)OC1C1OC2C(OC3CCC4(C)C5(C)c6[nH]c7ccccc7c6CC5CCC4(O)C34OC24)C(C)(C)O1. The van der Waals surface area contributed by atoms with Gasteiger partial charge in [0.15, 0.2) is 11.9 Å². The van der Waals surface area contributed by atoms with E-state index < -0.39 is 23.1 Å². The van der Waals surface area contributed by atoms with Gasteiger partial charge in [0, 0.05) is 27.4 Å². The molecule has 2 N–H and O–H groups in total. The molecule has 1 aromatic heterocycles. The molecule has 210 valence electrons. The van der Waals surface area contributed by atoms with Gasteiger partial charge in [0.2, 0.25) is 0 Å². The van der Waals surface area contributed by atoms with Crippen LogP contribution in [0.15, 0.2) is 24.3 Å². The van der Waals surface area contributed by atoms with Crippen LogP contribution in [0.4, 0.5) is 0 Å². The second-order valence-corrected chi connectivity index (χ2v) is 15.1. The molecule has 4 saturated heterocycles. The summed E-state index contributed by atoms with van der Waals surface area (Å²) in [5.41, 5.74) is 0.803. The van der Waals surface area contributed by atoms with E-state index in [9.17, 15) is 5.11 Å². The van der Waals surface area contributed by atoms with E-state index in [4.69, 9.17) is 23.7 Å². The molecule has 9 rings (SSSR count). The van der Waals surface area contributed by atoms with Crippen molar-refractivity contribution in [3.05, 3.63) is 35.5 Å². The quantitative estimate of drug-likeness (QED) is 0.522.